The van der Waals surface area contributed by atoms with E-state index in [-0.39, 0.29) is 18.2 Å². The summed E-state index contributed by atoms with van der Waals surface area (Å²) in [6, 6.07) is 7.01. The fourth-order valence-corrected chi connectivity index (χ4v) is 2.66. The predicted octanol–water partition coefficient (Wildman–Crippen LogP) is 4.82. The van der Waals surface area contributed by atoms with Gasteiger partial charge in [0.1, 0.15) is 18.0 Å². The summed E-state index contributed by atoms with van der Waals surface area (Å²) in [6.45, 7) is 5.52. The lowest BCUT2D eigenvalue weighted by molar-refractivity contribution is 0.280. The smallest absolute Gasteiger partial charge is 0.255 e. The molecule has 3 rings (SSSR count). The molecular formula is C18H15F2O+. The molecule has 0 atom stereocenters. The van der Waals surface area contributed by atoms with Gasteiger partial charge < -0.3 is 4.74 Å². The van der Waals surface area contributed by atoms with Crippen molar-refractivity contribution < 1.29 is 13.5 Å². The van der Waals surface area contributed by atoms with Crippen LogP contribution in [0.2, 0.25) is 0 Å². The van der Waals surface area contributed by atoms with Crippen molar-refractivity contribution in [2.75, 3.05) is 0 Å². The van der Waals surface area contributed by atoms with Gasteiger partial charge in [-0.25, -0.2) is 4.39 Å². The lowest BCUT2D eigenvalue weighted by Crippen LogP contribution is -2.11. The molecule has 0 aliphatic carbocycles. The Hall–Kier alpha value is -2.29. The van der Waals surface area contributed by atoms with Crippen molar-refractivity contribution >= 4 is 0 Å². The van der Waals surface area contributed by atoms with Crippen molar-refractivity contribution in [3.05, 3.63) is 71.7 Å². The van der Waals surface area contributed by atoms with Crippen LogP contribution in [0.5, 0.6) is 5.75 Å². The summed E-state index contributed by atoms with van der Waals surface area (Å²) in [5.74, 6) is -0.498. The number of hydrogen-bond donors (Lipinski definition) is 0. The summed E-state index contributed by atoms with van der Waals surface area (Å²) in [5, 5.41) is 0. The van der Waals surface area contributed by atoms with Gasteiger partial charge in [-0.05, 0) is 30.2 Å². The Kier molecular flexibility index (Phi) is 3.42. The molecule has 0 radical (unpaired) electrons. The van der Waals surface area contributed by atoms with E-state index in [4.69, 9.17) is 4.74 Å². The van der Waals surface area contributed by atoms with E-state index in [1.54, 1.807) is 24.6 Å². The van der Waals surface area contributed by atoms with Gasteiger partial charge in [0.15, 0.2) is 0 Å². The molecule has 3 heteroatoms. The number of benzene rings is 2. The van der Waals surface area contributed by atoms with Crippen LogP contribution in [0.25, 0.3) is 11.1 Å². The maximum atomic E-state index is 14.4. The molecule has 0 unspecified atom stereocenters. The second-order valence-electron chi connectivity index (χ2n) is 4.95. The van der Waals surface area contributed by atoms with Crippen molar-refractivity contribution in [2.24, 2.45) is 0 Å². The molecule has 2 aromatic carbocycles. The van der Waals surface area contributed by atoms with E-state index in [0.717, 1.165) is 0 Å². The normalized spacial score (nSPS) is 12.1. The van der Waals surface area contributed by atoms with E-state index in [2.05, 4.69) is 6.58 Å². The molecule has 0 saturated heterocycles. The monoisotopic (exact) mass is 285 g/mol. The van der Waals surface area contributed by atoms with Crippen LogP contribution in [0.3, 0.4) is 0 Å². The summed E-state index contributed by atoms with van der Waals surface area (Å²) in [6.07, 6.45) is 3.72. The third kappa shape index (κ3) is 2.09. The minimum Gasteiger partial charge on any atom is -0.476 e. The molecule has 21 heavy (non-hydrogen) atoms. The first-order valence-electron chi connectivity index (χ1n) is 6.89. The minimum absolute atomic E-state index is 0.0521. The zero-order chi connectivity index (χ0) is 15.0. The number of halogens is 2. The highest BCUT2D eigenvalue weighted by atomic mass is 19.1. The quantitative estimate of drug-likeness (QED) is 0.734. The van der Waals surface area contributed by atoms with Gasteiger partial charge in [-0.15, -0.1) is 4.39 Å². The zero-order valence-corrected chi connectivity index (χ0v) is 11.7. The number of fused-ring (bicyclic) bond motifs is 3. The van der Waals surface area contributed by atoms with Crippen LogP contribution in [0.15, 0.2) is 36.9 Å². The van der Waals surface area contributed by atoms with Crippen LogP contribution in [-0.4, -0.2) is 0 Å². The molecule has 1 nitrogen and oxygen atoms in total. The van der Waals surface area contributed by atoms with Gasteiger partial charge in [-0.3, -0.25) is 0 Å². The topological polar surface area (TPSA) is 9.23 Å². The summed E-state index contributed by atoms with van der Waals surface area (Å²) in [5.41, 5.74) is 2.86. The highest BCUT2D eigenvalue weighted by Crippen LogP contribution is 2.41. The van der Waals surface area contributed by atoms with Gasteiger partial charge in [-0.1, -0.05) is 19.1 Å². The molecule has 0 amide bonds. The summed E-state index contributed by atoms with van der Waals surface area (Å²) in [4.78, 5) is 0. The average Bonchev–Trinajstić information content (AvgIpc) is 2.50. The number of allylic oxidation sites excluding steroid dienone is 1. The Morgan fingerprint density at radius 1 is 1.19 bits per heavy atom. The molecule has 0 N–H and O–H groups in total. The highest BCUT2D eigenvalue weighted by molar-refractivity contribution is 5.76. The highest BCUT2D eigenvalue weighted by Gasteiger charge is 2.28. The summed E-state index contributed by atoms with van der Waals surface area (Å²) >= 11 is 0. The van der Waals surface area contributed by atoms with E-state index in [0.29, 0.717) is 34.2 Å². The first-order chi connectivity index (χ1) is 10.2. The van der Waals surface area contributed by atoms with Crippen LogP contribution >= 0.6 is 0 Å². The number of hydrogen-bond acceptors (Lipinski definition) is 1. The third-order valence-electron chi connectivity index (χ3n) is 3.78. The molecule has 0 spiro atoms. The van der Waals surface area contributed by atoms with Crippen molar-refractivity contribution in [3.8, 4) is 16.9 Å². The maximum absolute atomic E-state index is 14.4. The second-order valence-corrected chi connectivity index (χ2v) is 4.95. The summed E-state index contributed by atoms with van der Waals surface area (Å²) in [7, 11) is 0. The van der Waals surface area contributed by atoms with Crippen LogP contribution in [-0.2, 0) is 13.0 Å². The van der Waals surface area contributed by atoms with Crippen molar-refractivity contribution in [2.45, 2.75) is 20.0 Å². The summed E-state index contributed by atoms with van der Waals surface area (Å²) < 4.78 is 34.2. The maximum Gasteiger partial charge on any atom is 0.255 e. The minimum atomic E-state index is -0.432. The Balaban J connectivity index is 2.18. The van der Waals surface area contributed by atoms with Gasteiger partial charge >= 0.3 is 0 Å². The van der Waals surface area contributed by atoms with Gasteiger partial charge in [-0.2, -0.15) is 0 Å². The molecule has 1 aliphatic heterocycles. The van der Waals surface area contributed by atoms with E-state index >= 15 is 0 Å². The molecule has 0 aromatic heterocycles. The van der Waals surface area contributed by atoms with E-state index in [1.165, 1.54) is 6.08 Å². The van der Waals surface area contributed by atoms with E-state index in [1.807, 2.05) is 13.0 Å². The molecule has 0 fully saturated rings. The van der Waals surface area contributed by atoms with E-state index in [9.17, 15) is 8.78 Å². The van der Waals surface area contributed by atoms with Crippen LogP contribution in [0.4, 0.5) is 8.78 Å². The van der Waals surface area contributed by atoms with Gasteiger partial charge in [0.05, 0.1) is 0 Å². The van der Waals surface area contributed by atoms with Crippen LogP contribution in [0, 0.1) is 18.1 Å². The van der Waals surface area contributed by atoms with Gasteiger partial charge in [0.2, 0.25) is 5.75 Å². The number of ether oxygens (including phenoxy) is 1. The lowest BCUT2D eigenvalue weighted by atomic mass is 9.92. The van der Waals surface area contributed by atoms with Crippen molar-refractivity contribution in [3.63, 3.8) is 0 Å². The fourth-order valence-electron chi connectivity index (χ4n) is 2.66. The molecule has 106 valence electrons. The first kappa shape index (κ1) is 13.7. The Bertz CT molecular complexity index is 720. The Labute approximate surface area is 122 Å². The zero-order valence-electron chi connectivity index (χ0n) is 11.7. The third-order valence-corrected chi connectivity index (χ3v) is 3.78. The number of rotatable bonds is 3. The average molecular weight is 285 g/mol. The standard InChI is InChI=1S/C18H15F2O/c1-3-5-12-7-9-14-13-8-6-11(4-2)16(19)15(13)10-21-18(14)17(12)20/h3,5-9H,1,4,10H2,2H3/q+1. The van der Waals surface area contributed by atoms with Crippen molar-refractivity contribution in [1.82, 2.24) is 0 Å². The molecule has 1 aliphatic rings. The van der Waals surface area contributed by atoms with E-state index < -0.39 is 5.82 Å². The largest absolute Gasteiger partial charge is 0.476 e. The first-order valence-corrected chi connectivity index (χ1v) is 6.89. The molecular weight excluding hydrogens is 270 g/mol. The van der Waals surface area contributed by atoms with Crippen LogP contribution in [0.1, 0.15) is 23.6 Å². The molecule has 0 saturated carbocycles. The Morgan fingerprint density at radius 2 is 1.95 bits per heavy atom. The SMILES string of the molecule is C=C[CH+]c1ccc2c(c1F)OCc1c-2ccc(CC)c1F. The molecule has 1 heterocycles. The predicted molar refractivity (Wildman–Crippen MR) is 79.1 cm³/mol. The van der Waals surface area contributed by atoms with Gasteiger partial charge in [0.25, 0.3) is 5.82 Å². The van der Waals surface area contributed by atoms with Crippen molar-refractivity contribution in [1.29, 1.82) is 0 Å². The second kappa shape index (κ2) is 5.24. The fraction of sp³-hybridized carbons (Fsp3) is 0.167. The number of aryl methyl sites for hydroxylation is 1. The molecule has 0 bridgehead atoms. The van der Waals surface area contributed by atoms with Crippen LogP contribution < -0.4 is 4.74 Å². The van der Waals surface area contributed by atoms with Gasteiger partial charge in [0, 0.05) is 29.7 Å². The Morgan fingerprint density at radius 3 is 2.67 bits per heavy atom. The lowest BCUT2D eigenvalue weighted by Gasteiger charge is -2.21. The molecule has 2 aromatic rings.